The number of fused-ring (bicyclic) bond motifs is 2. The minimum Gasteiger partial charge on any atom is -0.495 e. The van der Waals surface area contributed by atoms with E-state index < -0.39 is 17.8 Å². The van der Waals surface area contributed by atoms with Crippen molar-refractivity contribution in [2.75, 3.05) is 12.4 Å². The van der Waals surface area contributed by atoms with Gasteiger partial charge >= 0.3 is 5.97 Å². The number of carbonyl (C=O) groups is 2. The molecular weight excluding hydrogens is 282 g/mol. The van der Waals surface area contributed by atoms with Gasteiger partial charge in [-0.1, -0.05) is 6.07 Å². The van der Waals surface area contributed by atoms with Gasteiger partial charge in [0, 0.05) is 0 Å². The summed E-state index contributed by atoms with van der Waals surface area (Å²) in [5.41, 5.74) is 1.62. The van der Waals surface area contributed by atoms with Crippen LogP contribution >= 0.6 is 0 Å². The Bertz CT molecular complexity index is 613. The summed E-state index contributed by atoms with van der Waals surface area (Å²) in [5.74, 6) is -1.07. The number of aryl methyl sites for hydroxylation is 1. The highest BCUT2D eigenvalue weighted by Crippen LogP contribution is 2.52. The Morgan fingerprint density at radius 3 is 2.55 bits per heavy atom. The molecule has 118 valence electrons. The largest absolute Gasteiger partial charge is 0.495 e. The number of nitrogens with one attached hydrogen (secondary N) is 1. The highest BCUT2D eigenvalue weighted by Gasteiger charge is 2.54. The molecule has 4 unspecified atom stereocenters. The van der Waals surface area contributed by atoms with Crippen molar-refractivity contribution in [3.8, 4) is 5.75 Å². The number of carbonyl (C=O) groups excluding carboxylic acids is 1. The van der Waals surface area contributed by atoms with E-state index in [1.807, 2.05) is 19.1 Å². The van der Waals surface area contributed by atoms with E-state index in [0.29, 0.717) is 11.4 Å². The molecule has 2 saturated carbocycles. The van der Waals surface area contributed by atoms with Crippen molar-refractivity contribution < 1.29 is 19.4 Å². The lowest BCUT2D eigenvalue weighted by molar-refractivity contribution is -0.148. The van der Waals surface area contributed by atoms with Gasteiger partial charge in [0.25, 0.3) is 0 Å². The fourth-order valence-electron chi connectivity index (χ4n) is 4.16. The second kappa shape index (κ2) is 5.63. The predicted octanol–water partition coefficient (Wildman–Crippen LogP) is 2.69. The smallest absolute Gasteiger partial charge is 0.307 e. The lowest BCUT2D eigenvalue weighted by atomic mass is 9.78. The van der Waals surface area contributed by atoms with Gasteiger partial charge in [0.1, 0.15) is 5.75 Å². The molecule has 4 atom stereocenters. The van der Waals surface area contributed by atoms with Gasteiger partial charge in [-0.2, -0.15) is 0 Å². The Balaban J connectivity index is 1.82. The van der Waals surface area contributed by atoms with Gasteiger partial charge in [0.05, 0.1) is 24.6 Å². The average molecular weight is 303 g/mol. The number of hydrogen-bond acceptors (Lipinski definition) is 3. The molecule has 22 heavy (non-hydrogen) atoms. The molecule has 1 aromatic carbocycles. The number of carboxylic acid groups (broad SMARTS) is 1. The third-order valence-electron chi connectivity index (χ3n) is 5.12. The van der Waals surface area contributed by atoms with Gasteiger partial charge in [0.2, 0.25) is 5.91 Å². The minimum absolute atomic E-state index is 0.151. The van der Waals surface area contributed by atoms with Crippen molar-refractivity contribution in [2.24, 2.45) is 23.7 Å². The molecule has 2 aliphatic rings. The molecule has 1 amide bonds. The van der Waals surface area contributed by atoms with Crippen LogP contribution in [0.3, 0.4) is 0 Å². The molecule has 0 aliphatic heterocycles. The number of hydrogen-bond donors (Lipinski definition) is 2. The zero-order valence-electron chi connectivity index (χ0n) is 12.8. The van der Waals surface area contributed by atoms with Crippen LogP contribution < -0.4 is 10.1 Å². The van der Waals surface area contributed by atoms with Gasteiger partial charge in [-0.15, -0.1) is 0 Å². The van der Waals surface area contributed by atoms with Crippen LogP contribution in [-0.4, -0.2) is 24.1 Å². The molecule has 0 radical (unpaired) electrons. The number of aliphatic carboxylic acids is 1. The second-order valence-electron chi connectivity index (χ2n) is 6.42. The summed E-state index contributed by atoms with van der Waals surface area (Å²) in [5, 5.41) is 12.3. The molecule has 0 aromatic heterocycles. The Morgan fingerprint density at radius 1 is 1.23 bits per heavy atom. The van der Waals surface area contributed by atoms with Gasteiger partial charge in [0.15, 0.2) is 0 Å². The van der Waals surface area contributed by atoms with E-state index in [2.05, 4.69) is 5.32 Å². The first-order chi connectivity index (χ1) is 10.5. The standard InChI is InChI=1S/C17H21NO4/c1-9-3-6-13(22-2)12(7-9)18-16(19)14-10-4-5-11(8-10)15(14)17(20)21/h3,6-7,10-11,14-15H,4-5,8H2,1-2H3,(H,18,19)(H,20,21). The van der Waals surface area contributed by atoms with Crippen molar-refractivity contribution in [1.82, 2.24) is 0 Å². The van der Waals surface area contributed by atoms with Gasteiger partial charge in [-0.25, -0.2) is 0 Å². The van der Waals surface area contributed by atoms with Crippen LogP contribution in [0.2, 0.25) is 0 Å². The molecule has 0 spiro atoms. The summed E-state index contributed by atoms with van der Waals surface area (Å²) < 4.78 is 5.27. The van der Waals surface area contributed by atoms with Crippen LogP contribution in [0.1, 0.15) is 24.8 Å². The monoisotopic (exact) mass is 303 g/mol. The second-order valence-corrected chi connectivity index (χ2v) is 6.42. The molecule has 0 saturated heterocycles. The zero-order valence-corrected chi connectivity index (χ0v) is 12.8. The predicted molar refractivity (Wildman–Crippen MR) is 81.8 cm³/mol. The SMILES string of the molecule is COc1ccc(C)cc1NC(=O)C1C2CCC(C2)C1C(=O)O. The Hall–Kier alpha value is -2.04. The van der Waals surface area contributed by atoms with Gasteiger partial charge in [-0.3, -0.25) is 9.59 Å². The number of amides is 1. The third-order valence-corrected chi connectivity index (χ3v) is 5.12. The maximum absolute atomic E-state index is 12.7. The van der Waals surface area contributed by atoms with Crippen LogP contribution in [0.4, 0.5) is 5.69 Å². The number of ether oxygens (including phenoxy) is 1. The summed E-state index contributed by atoms with van der Waals surface area (Å²) in [6.07, 6.45) is 2.75. The quantitative estimate of drug-likeness (QED) is 0.896. The first-order valence-electron chi connectivity index (χ1n) is 7.69. The van der Waals surface area contributed by atoms with E-state index in [9.17, 15) is 14.7 Å². The number of anilines is 1. The Morgan fingerprint density at radius 2 is 1.91 bits per heavy atom. The minimum atomic E-state index is -0.844. The third kappa shape index (κ3) is 2.45. The fraction of sp³-hybridized carbons (Fsp3) is 0.529. The maximum atomic E-state index is 12.7. The summed E-state index contributed by atoms with van der Waals surface area (Å²) in [7, 11) is 1.55. The van der Waals surface area contributed by atoms with E-state index in [-0.39, 0.29) is 17.7 Å². The van der Waals surface area contributed by atoms with E-state index in [1.54, 1.807) is 13.2 Å². The zero-order chi connectivity index (χ0) is 15.9. The van der Waals surface area contributed by atoms with Crippen molar-refractivity contribution in [2.45, 2.75) is 26.2 Å². The lowest BCUT2D eigenvalue weighted by Crippen LogP contribution is -2.37. The van der Waals surface area contributed by atoms with Gasteiger partial charge in [-0.05, 0) is 55.7 Å². The average Bonchev–Trinajstić information content (AvgIpc) is 3.08. The molecule has 5 heteroatoms. The summed E-state index contributed by atoms with van der Waals surface area (Å²) in [6.45, 7) is 1.94. The molecular formula is C17H21NO4. The molecule has 5 nitrogen and oxygen atoms in total. The lowest BCUT2D eigenvalue weighted by Gasteiger charge is -2.27. The first kappa shape index (κ1) is 14.9. The fourth-order valence-corrected chi connectivity index (χ4v) is 4.16. The van der Waals surface area contributed by atoms with Crippen LogP contribution in [-0.2, 0) is 9.59 Å². The van der Waals surface area contributed by atoms with E-state index in [0.717, 1.165) is 24.8 Å². The summed E-state index contributed by atoms with van der Waals surface area (Å²) in [6, 6.07) is 5.56. The molecule has 1 aromatic rings. The van der Waals surface area contributed by atoms with E-state index in [1.165, 1.54) is 0 Å². The summed E-state index contributed by atoms with van der Waals surface area (Å²) in [4.78, 5) is 24.2. The normalized spacial score (nSPS) is 29.4. The van der Waals surface area contributed by atoms with Crippen molar-refractivity contribution in [3.05, 3.63) is 23.8 Å². The number of methoxy groups -OCH3 is 1. The first-order valence-corrected chi connectivity index (χ1v) is 7.69. The van der Waals surface area contributed by atoms with Crippen LogP contribution in [0.25, 0.3) is 0 Å². The number of benzene rings is 1. The molecule has 2 bridgehead atoms. The molecule has 2 N–H and O–H groups in total. The summed E-state index contributed by atoms with van der Waals surface area (Å²) >= 11 is 0. The Kier molecular flexibility index (Phi) is 3.81. The topological polar surface area (TPSA) is 75.6 Å². The maximum Gasteiger partial charge on any atom is 0.307 e. The van der Waals surface area contributed by atoms with Crippen molar-refractivity contribution in [1.29, 1.82) is 0 Å². The van der Waals surface area contributed by atoms with Crippen LogP contribution in [0, 0.1) is 30.6 Å². The van der Waals surface area contributed by atoms with Gasteiger partial charge < -0.3 is 15.2 Å². The van der Waals surface area contributed by atoms with Crippen molar-refractivity contribution >= 4 is 17.6 Å². The molecule has 2 aliphatic carbocycles. The van der Waals surface area contributed by atoms with Crippen LogP contribution in [0.5, 0.6) is 5.75 Å². The number of carboxylic acids is 1. The Labute approximate surface area is 129 Å². The van der Waals surface area contributed by atoms with Crippen LogP contribution in [0.15, 0.2) is 18.2 Å². The number of rotatable bonds is 4. The highest BCUT2D eigenvalue weighted by molar-refractivity contribution is 5.97. The van der Waals surface area contributed by atoms with Crippen molar-refractivity contribution in [3.63, 3.8) is 0 Å². The highest BCUT2D eigenvalue weighted by atomic mass is 16.5. The van der Waals surface area contributed by atoms with E-state index >= 15 is 0 Å². The molecule has 0 heterocycles. The van der Waals surface area contributed by atoms with E-state index in [4.69, 9.17) is 4.74 Å². The molecule has 3 rings (SSSR count). The molecule has 2 fully saturated rings.